The lowest BCUT2D eigenvalue weighted by molar-refractivity contribution is -0.123. The highest BCUT2D eigenvalue weighted by Crippen LogP contribution is 2.22. The molecule has 0 aliphatic rings. The summed E-state index contributed by atoms with van der Waals surface area (Å²) in [7, 11) is 3.28. The molecule has 1 amide bonds. The highest BCUT2D eigenvalue weighted by Gasteiger charge is 2.20. The maximum absolute atomic E-state index is 12.6. The Bertz CT molecular complexity index is 642. The second kappa shape index (κ2) is 9.08. The van der Waals surface area contributed by atoms with Gasteiger partial charge in [-0.2, -0.15) is 0 Å². The lowest BCUT2D eigenvalue weighted by atomic mass is 9.95. The number of carbonyl (C=O) groups is 1. The number of hydrogen-bond acceptors (Lipinski definition) is 3. The van der Waals surface area contributed by atoms with Crippen molar-refractivity contribution in [1.82, 2.24) is 5.32 Å². The fourth-order valence-electron chi connectivity index (χ4n) is 2.75. The van der Waals surface area contributed by atoms with Crippen molar-refractivity contribution in [2.75, 3.05) is 20.8 Å². The van der Waals surface area contributed by atoms with E-state index in [-0.39, 0.29) is 17.9 Å². The number of hydrogen-bond donors (Lipinski definition) is 1. The van der Waals surface area contributed by atoms with E-state index in [0.29, 0.717) is 6.54 Å². The summed E-state index contributed by atoms with van der Waals surface area (Å²) in [6.07, 6.45) is 0.546. The molecule has 0 aromatic heterocycles. The van der Waals surface area contributed by atoms with Gasteiger partial charge in [0.05, 0.1) is 19.1 Å². The second-order valence-electron chi connectivity index (χ2n) is 5.62. The largest absolute Gasteiger partial charge is 0.497 e. The molecule has 4 nitrogen and oxygen atoms in total. The molecule has 0 spiro atoms. The summed E-state index contributed by atoms with van der Waals surface area (Å²) in [5, 5.41) is 3.01. The molecule has 2 atom stereocenters. The van der Waals surface area contributed by atoms with Crippen molar-refractivity contribution in [2.24, 2.45) is 0 Å². The van der Waals surface area contributed by atoms with Crippen molar-refractivity contribution in [3.05, 3.63) is 65.7 Å². The summed E-state index contributed by atoms with van der Waals surface area (Å²) in [5.74, 6) is 0.652. The van der Waals surface area contributed by atoms with E-state index in [0.717, 1.165) is 23.3 Å². The van der Waals surface area contributed by atoms with Gasteiger partial charge in [-0.05, 0) is 29.7 Å². The number of methoxy groups -OCH3 is 2. The summed E-state index contributed by atoms with van der Waals surface area (Å²) in [4.78, 5) is 12.6. The predicted octanol–water partition coefficient (Wildman–Crippen LogP) is 3.69. The minimum Gasteiger partial charge on any atom is -0.497 e. The fraction of sp³-hybridized carbons (Fsp3) is 0.350. The van der Waals surface area contributed by atoms with Gasteiger partial charge in [-0.15, -0.1) is 0 Å². The summed E-state index contributed by atoms with van der Waals surface area (Å²) < 4.78 is 10.8. The minimum absolute atomic E-state index is 0.0219. The molecule has 2 aromatic carbocycles. The maximum atomic E-state index is 12.6. The van der Waals surface area contributed by atoms with Gasteiger partial charge in [0.2, 0.25) is 5.91 Å². The summed E-state index contributed by atoms with van der Waals surface area (Å²) in [6.45, 7) is 2.44. The average molecular weight is 327 g/mol. The molecule has 128 valence electrons. The molecule has 24 heavy (non-hydrogen) atoms. The summed E-state index contributed by atoms with van der Waals surface area (Å²) >= 11 is 0. The van der Waals surface area contributed by atoms with E-state index in [1.54, 1.807) is 14.2 Å². The Balaban J connectivity index is 2.02. The first kappa shape index (κ1) is 18.0. The standard InChI is InChI=1S/C20H25NO3/c1-4-18(15-9-6-5-7-10-15)20(22)21-14-19(24-3)16-11-8-12-17(13-16)23-2/h5-13,18-19H,4,14H2,1-3H3,(H,21,22). The topological polar surface area (TPSA) is 47.6 Å². The Hall–Kier alpha value is -2.33. The highest BCUT2D eigenvalue weighted by molar-refractivity contribution is 5.83. The first-order valence-corrected chi connectivity index (χ1v) is 8.19. The lowest BCUT2D eigenvalue weighted by Gasteiger charge is -2.20. The van der Waals surface area contributed by atoms with Crippen LogP contribution in [0, 0.1) is 0 Å². The third kappa shape index (κ3) is 4.59. The third-order valence-corrected chi connectivity index (χ3v) is 4.14. The maximum Gasteiger partial charge on any atom is 0.227 e. The van der Waals surface area contributed by atoms with Gasteiger partial charge in [0.1, 0.15) is 5.75 Å². The molecule has 2 rings (SSSR count). The van der Waals surface area contributed by atoms with E-state index < -0.39 is 0 Å². The normalized spacial score (nSPS) is 13.1. The van der Waals surface area contributed by atoms with Crippen LogP contribution in [0.3, 0.4) is 0 Å². The Morgan fingerprint density at radius 3 is 2.38 bits per heavy atom. The van der Waals surface area contributed by atoms with Crippen LogP contribution in [0.4, 0.5) is 0 Å². The number of nitrogens with one attached hydrogen (secondary N) is 1. The zero-order chi connectivity index (χ0) is 17.4. The quantitative estimate of drug-likeness (QED) is 0.804. The van der Waals surface area contributed by atoms with Crippen molar-refractivity contribution >= 4 is 5.91 Å². The van der Waals surface area contributed by atoms with Gasteiger partial charge in [-0.1, -0.05) is 49.4 Å². The van der Waals surface area contributed by atoms with Crippen molar-refractivity contribution < 1.29 is 14.3 Å². The SMILES string of the molecule is CCC(C(=O)NCC(OC)c1cccc(OC)c1)c1ccccc1. The zero-order valence-corrected chi connectivity index (χ0v) is 14.5. The molecule has 0 bridgehead atoms. The molecule has 2 aromatic rings. The monoisotopic (exact) mass is 327 g/mol. The van der Waals surface area contributed by atoms with Gasteiger partial charge in [0, 0.05) is 13.7 Å². The van der Waals surface area contributed by atoms with E-state index in [9.17, 15) is 4.79 Å². The molecule has 0 heterocycles. The minimum atomic E-state index is -0.211. The van der Waals surface area contributed by atoms with E-state index >= 15 is 0 Å². The molecule has 0 saturated heterocycles. The lowest BCUT2D eigenvalue weighted by Crippen LogP contribution is -2.33. The zero-order valence-electron chi connectivity index (χ0n) is 14.5. The molecular formula is C20H25NO3. The molecule has 0 aliphatic carbocycles. The summed E-state index contributed by atoms with van der Waals surface area (Å²) in [6, 6.07) is 17.5. The number of rotatable bonds is 8. The van der Waals surface area contributed by atoms with E-state index in [2.05, 4.69) is 5.32 Å². The number of benzene rings is 2. The molecule has 4 heteroatoms. The van der Waals surface area contributed by atoms with Crippen molar-refractivity contribution in [3.8, 4) is 5.75 Å². The van der Waals surface area contributed by atoms with Gasteiger partial charge in [0.25, 0.3) is 0 Å². The van der Waals surface area contributed by atoms with Crippen molar-refractivity contribution in [2.45, 2.75) is 25.4 Å². The number of amides is 1. The van der Waals surface area contributed by atoms with Crippen LogP contribution in [0.5, 0.6) is 5.75 Å². The van der Waals surface area contributed by atoms with Crippen LogP contribution >= 0.6 is 0 Å². The second-order valence-corrected chi connectivity index (χ2v) is 5.62. The van der Waals surface area contributed by atoms with Crippen LogP contribution in [0.2, 0.25) is 0 Å². The molecule has 0 radical (unpaired) electrons. The van der Waals surface area contributed by atoms with E-state index in [4.69, 9.17) is 9.47 Å². The van der Waals surface area contributed by atoms with Gasteiger partial charge in [0.15, 0.2) is 0 Å². The van der Waals surface area contributed by atoms with Crippen molar-refractivity contribution in [3.63, 3.8) is 0 Å². The Kier molecular flexibility index (Phi) is 6.82. The molecular weight excluding hydrogens is 302 g/mol. The van der Waals surface area contributed by atoms with Gasteiger partial charge in [-0.3, -0.25) is 4.79 Å². The molecule has 2 unspecified atom stereocenters. The molecule has 1 N–H and O–H groups in total. The predicted molar refractivity (Wildman–Crippen MR) is 95.2 cm³/mol. The van der Waals surface area contributed by atoms with Gasteiger partial charge in [-0.25, -0.2) is 0 Å². The van der Waals surface area contributed by atoms with Crippen LogP contribution < -0.4 is 10.1 Å². The van der Waals surface area contributed by atoms with Crippen LogP contribution in [0.15, 0.2) is 54.6 Å². The Morgan fingerprint density at radius 1 is 1.04 bits per heavy atom. The molecule has 0 aliphatic heterocycles. The smallest absolute Gasteiger partial charge is 0.227 e. The first-order chi connectivity index (χ1) is 11.7. The number of ether oxygens (including phenoxy) is 2. The van der Waals surface area contributed by atoms with E-state index in [1.165, 1.54) is 0 Å². The molecule has 0 fully saturated rings. The van der Waals surface area contributed by atoms with Crippen LogP contribution in [-0.4, -0.2) is 26.7 Å². The molecule has 0 saturated carbocycles. The van der Waals surface area contributed by atoms with Crippen LogP contribution in [-0.2, 0) is 9.53 Å². The Labute approximate surface area is 143 Å². The van der Waals surface area contributed by atoms with Gasteiger partial charge >= 0.3 is 0 Å². The average Bonchev–Trinajstić information content (AvgIpc) is 2.64. The Morgan fingerprint density at radius 2 is 1.75 bits per heavy atom. The highest BCUT2D eigenvalue weighted by atomic mass is 16.5. The van der Waals surface area contributed by atoms with Crippen LogP contribution in [0.25, 0.3) is 0 Å². The van der Waals surface area contributed by atoms with Gasteiger partial charge < -0.3 is 14.8 Å². The van der Waals surface area contributed by atoms with E-state index in [1.807, 2.05) is 61.5 Å². The fourth-order valence-corrected chi connectivity index (χ4v) is 2.75. The van der Waals surface area contributed by atoms with Crippen molar-refractivity contribution in [1.29, 1.82) is 0 Å². The number of carbonyl (C=O) groups excluding carboxylic acids is 1. The van der Waals surface area contributed by atoms with Crippen LogP contribution in [0.1, 0.15) is 36.5 Å². The first-order valence-electron chi connectivity index (χ1n) is 8.19. The summed E-state index contributed by atoms with van der Waals surface area (Å²) in [5.41, 5.74) is 2.01. The third-order valence-electron chi connectivity index (χ3n) is 4.14.